The maximum atomic E-state index is 13.4. The van der Waals surface area contributed by atoms with Gasteiger partial charge in [0.1, 0.15) is 5.82 Å². The SMILES string of the molecule is C=CCCCCCC(N)Cc1ccccc1F. The molecule has 0 radical (unpaired) electrons. The fourth-order valence-electron chi connectivity index (χ4n) is 1.92. The van der Waals surface area contributed by atoms with E-state index in [9.17, 15) is 4.39 Å². The highest BCUT2D eigenvalue weighted by Gasteiger charge is 2.07. The summed E-state index contributed by atoms with van der Waals surface area (Å²) in [5, 5.41) is 0. The summed E-state index contributed by atoms with van der Waals surface area (Å²) in [6, 6.07) is 6.93. The van der Waals surface area contributed by atoms with E-state index in [1.807, 2.05) is 18.2 Å². The number of hydrogen-bond acceptors (Lipinski definition) is 1. The first-order valence-corrected chi connectivity index (χ1v) is 6.34. The summed E-state index contributed by atoms with van der Waals surface area (Å²) in [6.45, 7) is 3.69. The maximum Gasteiger partial charge on any atom is 0.126 e. The first-order chi connectivity index (χ1) is 8.24. The molecule has 1 aromatic rings. The standard InChI is InChI=1S/C15H22FN/c1-2-3-4-5-6-10-14(17)12-13-9-7-8-11-15(13)16/h2,7-9,11,14H,1,3-6,10,12,17H2. The zero-order valence-corrected chi connectivity index (χ0v) is 10.4. The molecule has 1 nitrogen and oxygen atoms in total. The van der Waals surface area contributed by atoms with E-state index in [0.717, 1.165) is 24.8 Å². The average Bonchev–Trinajstić information content (AvgIpc) is 2.32. The minimum absolute atomic E-state index is 0.0654. The third-order valence-electron chi connectivity index (χ3n) is 2.92. The summed E-state index contributed by atoms with van der Waals surface area (Å²) in [5.41, 5.74) is 6.73. The van der Waals surface area contributed by atoms with Gasteiger partial charge in [0.25, 0.3) is 0 Å². The Balaban J connectivity index is 2.23. The largest absolute Gasteiger partial charge is 0.327 e. The highest BCUT2D eigenvalue weighted by Crippen LogP contribution is 2.12. The van der Waals surface area contributed by atoms with Gasteiger partial charge in [-0.15, -0.1) is 6.58 Å². The molecule has 0 aromatic heterocycles. The van der Waals surface area contributed by atoms with Crippen LogP contribution in [0.25, 0.3) is 0 Å². The van der Waals surface area contributed by atoms with E-state index in [4.69, 9.17) is 5.73 Å². The quantitative estimate of drug-likeness (QED) is 0.538. The van der Waals surface area contributed by atoms with Crippen LogP contribution in [-0.2, 0) is 6.42 Å². The van der Waals surface area contributed by atoms with Gasteiger partial charge in [-0.1, -0.05) is 37.1 Å². The molecule has 2 N–H and O–H groups in total. The Morgan fingerprint density at radius 2 is 2.00 bits per heavy atom. The van der Waals surface area contributed by atoms with Gasteiger partial charge in [-0.3, -0.25) is 0 Å². The van der Waals surface area contributed by atoms with Crippen molar-refractivity contribution in [2.24, 2.45) is 5.73 Å². The number of halogens is 1. The van der Waals surface area contributed by atoms with Crippen molar-refractivity contribution in [1.82, 2.24) is 0 Å². The number of rotatable bonds is 8. The van der Waals surface area contributed by atoms with Gasteiger partial charge in [-0.05, 0) is 37.3 Å². The zero-order chi connectivity index (χ0) is 12.5. The number of benzene rings is 1. The Bertz CT molecular complexity index is 335. The molecule has 1 aromatic carbocycles. The molecule has 1 rings (SSSR count). The van der Waals surface area contributed by atoms with Gasteiger partial charge in [0.2, 0.25) is 0 Å². The van der Waals surface area contributed by atoms with Crippen LogP contribution in [0.15, 0.2) is 36.9 Å². The molecule has 0 fully saturated rings. The van der Waals surface area contributed by atoms with Crippen LogP contribution in [0.5, 0.6) is 0 Å². The summed E-state index contributed by atoms with van der Waals surface area (Å²) in [5.74, 6) is -0.144. The normalized spacial score (nSPS) is 12.4. The number of allylic oxidation sites excluding steroid dienone is 1. The molecular formula is C15H22FN. The average molecular weight is 235 g/mol. The van der Waals surface area contributed by atoms with E-state index in [0.29, 0.717) is 6.42 Å². The fourth-order valence-corrected chi connectivity index (χ4v) is 1.92. The molecular weight excluding hydrogens is 213 g/mol. The summed E-state index contributed by atoms with van der Waals surface area (Å²) < 4.78 is 13.4. The van der Waals surface area contributed by atoms with Crippen LogP contribution in [0.4, 0.5) is 4.39 Å². The molecule has 0 saturated carbocycles. The Kier molecular flexibility index (Phi) is 6.56. The lowest BCUT2D eigenvalue weighted by atomic mass is 10.0. The second-order valence-electron chi connectivity index (χ2n) is 4.48. The molecule has 1 atom stereocenters. The molecule has 0 aliphatic heterocycles. The summed E-state index contributed by atoms with van der Waals surface area (Å²) in [4.78, 5) is 0. The van der Waals surface area contributed by atoms with Crippen LogP contribution < -0.4 is 5.73 Å². The van der Waals surface area contributed by atoms with Gasteiger partial charge in [-0.25, -0.2) is 4.39 Å². The van der Waals surface area contributed by atoms with Crippen molar-refractivity contribution in [1.29, 1.82) is 0 Å². The van der Waals surface area contributed by atoms with E-state index < -0.39 is 0 Å². The maximum absolute atomic E-state index is 13.4. The van der Waals surface area contributed by atoms with Gasteiger partial charge in [0.15, 0.2) is 0 Å². The monoisotopic (exact) mass is 235 g/mol. The van der Waals surface area contributed by atoms with E-state index in [2.05, 4.69) is 6.58 Å². The Hall–Kier alpha value is -1.15. The second-order valence-corrected chi connectivity index (χ2v) is 4.48. The molecule has 0 aliphatic carbocycles. The molecule has 0 aliphatic rings. The molecule has 17 heavy (non-hydrogen) atoms. The van der Waals surface area contributed by atoms with Crippen LogP contribution in [0.2, 0.25) is 0 Å². The fraction of sp³-hybridized carbons (Fsp3) is 0.467. The minimum atomic E-state index is -0.144. The number of unbranched alkanes of at least 4 members (excludes halogenated alkanes) is 3. The number of nitrogens with two attached hydrogens (primary N) is 1. The van der Waals surface area contributed by atoms with Gasteiger partial charge < -0.3 is 5.73 Å². The molecule has 0 bridgehead atoms. The summed E-state index contributed by atoms with van der Waals surface area (Å²) in [7, 11) is 0. The van der Waals surface area contributed by atoms with Crippen molar-refractivity contribution in [2.75, 3.05) is 0 Å². The lowest BCUT2D eigenvalue weighted by Gasteiger charge is -2.11. The lowest BCUT2D eigenvalue weighted by Crippen LogP contribution is -2.23. The van der Waals surface area contributed by atoms with E-state index in [-0.39, 0.29) is 11.9 Å². The number of hydrogen-bond donors (Lipinski definition) is 1. The Labute approximate surface area is 104 Å². The molecule has 2 heteroatoms. The first kappa shape index (κ1) is 13.9. The van der Waals surface area contributed by atoms with Crippen molar-refractivity contribution in [3.8, 4) is 0 Å². The highest BCUT2D eigenvalue weighted by molar-refractivity contribution is 5.18. The molecule has 94 valence electrons. The highest BCUT2D eigenvalue weighted by atomic mass is 19.1. The third-order valence-corrected chi connectivity index (χ3v) is 2.92. The van der Waals surface area contributed by atoms with Crippen LogP contribution in [-0.4, -0.2) is 6.04 Å². The molecule has 0 heterocycles. The molecule has 0 saturated heterocycles. The van der Waals surface area contributed by atoms with E-state index in [1.165, 1.54) is 18.9 Å². The van der Waals surface area contributed by atoms with Crippen LogP contribution in [0.3, 0.4) is 0 Å². The van der Waals surface area contributed by atoms with Crippen LogP contribution >= 0.6 is 0 Å². The molecule has 0 amide bonds. The Morgan fingerprint density at radius 3 is 2.71 bits per heavy atom. The van der Waals surface area contributed by atoms with Crippen molar-refractivity contribution < 1.29 is 4.39 Å². The minimum Gasteiger partial charge on any atom is -0.327 e. The summed E-state index contributed by atoms with van der Waals surface area (Å²) >= 11 is 0. The first-order valence-electron chi connectivity index (χ1n) is 6.34. The van der Waals surface area contributed by atoms with Gasteiger partial charge in [-0.2, -0.15) is 0 Å². The topological polar surface area (TPSA) is 26.0 Å². The third kappa shape index (κ3) is 5.64. The van der Waals surface area contributed by atoms with E-state index in [1.54, 1.807) is 6.07 Å². The van der Waals surface area contributed by atoms with E-state index >= 15 is 0 Å². The van der Waals surface area contributed by atoms with Crippen molar-refractivity contribution >= 4 is 0 Å². The van der Waals surface area contributed by atoms with Crippen LogP contribution in [0.1, 0.15) is 37.7 Å². The molecule has 0 spiro atoms. The molecule has 1 unspecified atom stereocenters. The lowest BCUT2D eigenvalue weighted by molar-refractivity contribution is 0.533. The van der Waals surface area contributed by atoms with Gasteiger partial charge in [0.05, 0.1) is 0 Å². The predicted octanol–water partition coefficient (Wildman–Crippen LogP) is 3.83. The van der Waals surface area contributed by atoms with Crippen molar-refractivity contribution in [3.05, 3.63) is 48.3 Å². The Morgan fingerprint density at radius 1 is 1.24 bits per heavy atom. The second kappa shape index (κ2) is 8.02. The van der Waals surface area contributed by atoms with Crippen LogP contribution in [0, 0.1) is 5.82 Å². The van der Waals surface area contributed by atoms with Crippen molar-refractivity contribution in [2.45, 2.75) is 44.6 Å². The van der Waals surface area contributed by atoms with Crippen molar-refractivity contribution in [3.63, 3.8) is 0 Å². The zero-order valence-electron chi connectivity index (χ0n) is 10.4. The predicted molar refractivity (Wildman–Crippen MR) is 71.4 cm³/mol. The van der Waals surface area contributed by atoms with Gasteiger partial charge in [0, 0.05) is 6.04 Å². The smallest absolute Gasteiger partial charge is 0.126 e. The van der Waals surface area contributed by atoms with Gasteiger partial charge >= 0.3 is 0 Å². The summed E-state index contributed by atoms with van der Waals surface area (Å²) in [6.07, 6.45) is 8.08.